The molecule has 0 unspecified atom stereocenters. The van der Waals surface area contributed by atoms with Crippen LogP contribution in [0.4, 0.5) is 11.4 Å². The Morgan fingerprint density at radius 3 is 2.82 bits per heavy atom. The van der Waals surface area contributed by atoms with E-state index in [0.717, 1.165) is 32.2 Å². The van der Waals surface area contributed by atoms with Crippen LogP contribution in [0.15, 0.2) is 54.6 Å². The minimum Gasteiger partial charge on any atom is -0.490 e. The van der Waals surface area contributed by atoms with E-state index in [-0.39, 0.29) is 0 Å². The Kier molecular flexibility index (Phi) is 5.96. The van der Waals surface area contributed by atoms with E-state index in [1.54, 1.807) is 6.07 Å². The van der Waals surface area contributed by atoms with Gasteiger partial charge in [-0.3, -0.25) is 0 Å². The molecule has 1 heterocycles. The lowest BCUT2D eigenvalue weighted by Crippen LogP contribution is -2.35. The van der Waals surface area contributed by atoms with Gasteiger partial charge in [0, 0.05) is 12.2 Å². The van der Waals surface area contributed by atoms with Crippen molar-refractivity contribution in [2.45, 2.75) is 51.5 Å². The lowest BCUT2D eigenvalue weighted by molar-refractivity contribution is 0.288. The van der Waals surface area contributed by atoms with Crippen molar-refractivity contribution in [3.05, 3.63) is 76.9 Å². The summed E-state index contributed by atoms with van der Waals surface area (Å²) in [6.07, 6.45) is 6.77. The quantitative estimate of drug-likeness (QED) is 0.355. The number of nitriles is 1. The molecule has 3 aromatic rings. The second-order valence-corrected chi connectivity index (χ2v) is 9.16. The molecule has 0 bridgehead atoms. The fourth-order valence-electron chi connectivity index (χ4n) is 5.46. The Labute approximate surface area is 196 Å². The zero-order valence-electron chi connectivity index (χ0n) is 19.3. The van der Waals surface area contributed by atoms with Crippen LogP contribution in [0.5, 0.6) is 5.75 Å². The lowest BCUT2D eigenvalue weighted by atomic mass is 9.94. The van der Waals surface area contributed by atoms with Gasteiger partial charge >= 0.3 is 0 Å². The van der Waals surface area contributed by atoms with Crippen LogP contribution >= 0.6 is 0 Å². The second-order valence-electron chi connectivity index (χ2n) is 9.16. The average Bonchev–Trinajstić information content (AvgIpc) is 3.45. The Bertz CT molecular complexity index is 1210. The number of nitrogens with two attached hydrogens (primary N) is 1. The van der Waals surface area contributed by atoms with Gasteiger partial charge in [0.15, 0.2) is 0 Å². The van der Waals surface area contributed by atoms with E-state index in [9.17, 15) is 5.26 Å². The van der Waals surface area contributed by atoms with E-state index >= 15 is 0 Å². The van der Waals surface area contributed by atoms with Crippen LogP contribution in [0.2, 0.25) is 0 Å². The number of hydrogen-bond donors (Lipinski definition) is 1. The van der Waals surface area contributed by atoms with Gasteiger partial charge in [-0.2, -0.15) is 5.26 Å². The highest BCUT2D eigenvalue weighted by molar-refractivity contribution is 5.81. The minimum atomic E-state index is 0.292. The van der Waals surface area contributed by atoms with Crippen molar-refractivity contribution in [3.8, 4) is 22.9 Å². The van der Waals surface area contributed by atoms with Crippen molar-refractivity contribution in [3.63, 3.8) is 0 Å². The number of benzene rings is 3. The Morgan fingerprint density at radius 2 is 1.97 bits per heavy atom. The third kappa shape index (κ3) is 3.93. The SMILES string of the molecule is CCCCc1c(N2CCC[C@H]2COc2cccc(N)c2C#N)ccc2c1Cc1ccccc1-2. The van der Waals surface area contributed by atoms with Gasteiger partial charge in [0.05, 0.1) is 11.7 Å². The molecule has 0 amide bonds. The van der Waals surface area contributed by atoms with Crippen LogP contribution in [0, 0.1) is 11.3 Å². The number of nitrogens with zero attached hydrogens (tertiary/aromatic N) is 2. The summed E-state index contributed by atoms with van der Waals surface area (Å²) >= 11 is 0. The number of unbranched alkanes of at least 4 members (excludes halogenated alkanes) is 1. The highest BCUT2D eigenvalue weighted by atomic mass is 16.5. The zero-order valence-corrected chi connectivity index (χ0v) is 19.3. The van der Waals surface area contributed by atoms with Crippen molar-refractivity contribution >= 4 is 11.4 Å². The first-order chi connectivity index (χ1) is 16.2. The molecular formula is C29H31N3O. The number of hydrogen-bond acceptors (Lipinski definition) is 4. The van der Waals surface area contributed by atoms with E-state index < -0.39 is 0 Å². The van der Waals surface area contributed by atoms with Gasteiger partial charge in [-0.15, -0.1) is 0 Å². The number of fused-ring (bicyclic) bond motifs is 3. The first-order valence-corrected chi connectivity index (χ1v) is 12.1. The molecule has 2 N–H and O–H groups in total. The summed E-state index contributed by atoms with van der Waals surface area (Å²) in [4.78, 5) is 2.55. The Morgan fingerprint density at radius 1 is 1.09 bits per heavy atom. The topological polar surface area (TPSA) is 62.3 Å². The van der Waals surface area contributed by atoms with E-state index in [4.69, 9.17) is 10.5 Å². The molecule has 0 aromatic heterocycles. The number of ether oxygens (including phenoxy) is 1. The summed E-state index contributed by atoms with van der Waals surface area (Å²) in [5, 5.41) is 9.48. The van der Waals surface area contributed by atoms with Gasteiger partial charge in [0.1, 0.15) is 24.0 Å². The maximum absolute atomic E-state index is 9.48. The van der Waals surface area contributed by atoms with Crippen molar-refractivity contribution in [2.24, 2.45) is 0 Å². The third-order valence-electron chi connectivity index (χ3n) is 7.15. The van der Waals surface area contributed by atoms with E-state index in [1.165, 1.54) is 46.3 Å². The molecule has 33 heavy (non-hydrogen) atoms. The van der Waals surface area contributed by atoms with Crippen molar-refractivity contribution < 1.29 is 4.74 Å². The monoisotopic (exact) mass is 437 g/mol. The molecular weight excluding hydrogens is 406 g/mol. The number of anilines is 2. The van der Waals surface area contributed by atoms with E-state index in [2.05, 4.69) is 54.3 Å². The van der Waals surface area contributed by atoms with Crippen LogP contribution in [0.25, 0.3) is 11.1 Å². The third-order valence-corrected chi connectivity index (χ3v) is 7.15. The first-order valence-electron chi connectivity index (χ1n) is 12.1. The van der Waals surface area contributed by atoms with Gasteiger partial charge in [-0.05, 0) is 78.1 Å². The van der Waals surface area contributed by atoms with Crippen LogP contribution in [-0.4, -0.2) is 19.2 Å². The first kappa shape index (κ1) is 21.4. The highest BCUT2D eigenvalue weighted by Gasteiger charge is 2.30. The summed E-state index contributed by atoms with van der Waals surface area (Å²) in [5.74, 6) is 0.583. The fraction of sp³-hybridized carbons (Fsp3) is 0.345. The molecule has 1 aliphatic carbocycles. The van der Waals surface area contributed by atoms with Crippen LogP contribution in [0.1, 0.15) is 54.9 Å². The van der Waals surface area contributed by atoms with Gasteiger partial charge in [0.2, 0.25) is 0 Å². The Hall–Kier alpha value is -3.45. The molecule has 1 aliphatic heterocycles. The summed E-state index contributed by atoms with van der Waals surface area (Å²) in [6, 6.07) is 21.4. The molecule has 4 nitrogen and oxygen atoms in total. The molecule has 2 aliphatic rings. The number of nitrogen functional groups attached to an aromatic ring is 1. The smallest absolute Gasteiger partial charge is 0.139 e. The van der Waals surface area contributed by atoms with Crippen molar-refractivity contribution in [1.29, 1.82) is 5.26 Å². The summed E-state index contributed by atoms with van der Waals surface area (Å²) in [7, 11) is 0. The summed E-state index contributed by atoms with van der Waals surface area (Å²) < 4.78 is 6.16. The normalized spacial score (nSPS) is 16.4. The zero-order chi connectivity index (χ0) is 22.8. The van der Waals surface area contributed by atoms with Crippen LogP contribution < -0.4 is 15.4 Å². The largest absolute Gasteiger partial charge is 0.490 e. The molecule has 1 atom stereocenters. The minimum absolute atomic E-state index is 0.292. The summed E-state index contributed by atoms with van der Waals surface area (Å²) in [5.41, 5.74) is 15.5. The maximum Gasteiger partial charge on any atom is 0.139 e. The molecule has 4 heteroatoms. The predicted octanol–water partition coefficient (Wildman–Crippen LogP) is 6.10. The summed E-state index contributed by atoms with van der Waals surface area (Å²) in [6.45, 7) is 3.87. The molecule has 1 fully saturated rings. The molecule has 0 saturated carbocycles. The maximum atomic E-state index is 9.48. The lowest BCUT2D eigenvalue weighted by Gasteiger charge is -2.30. The number of rotatable bonds is 7. The van der Waals surface area contributed by atoms with Gasteiger partial charge in [-0.1, -0.05) is 49.7 Å². The Balaban J connectivity index is 1.44. The van der Waals surface area contributed by atoms with Gasteiger partial charge < -0.3 is 15.4 Å². The molecule has 0 radical (unpaired) electrons. The van der Waals surface area contributed by atoms with Crippen LogP contribution in [-0.2, 0) is 12.8 Å². The van der Waals surface area contributed by atoms with E-state index in [0.29, 0.717) is 29.6 Å². The van der Waals surface area contributed by atoms with Crippen LogP contribution in [0.3, 0.4) is 0 Å². The molecule has 1 saturated heterocycles. The molecule has 168 valence electrons. The fourth-order valence-corrected chi connectivity index (χ4v) is 5.46. The van der Waals surface area contributed by atoms with Crippen molar-refractivity contribution in [2.75, 3.05) is 23.8 Å². The van der Waals surface area contributed by atoms with Gasteiger partial charge in [0.25, 0.3) is 0 Å². The van der Waals surface area contributed by atoms with Gasteiger partial charge in [-0.25, -0.2) is 0 Å². The molecule has 0 spiro atoms. The highest BCUT2D eigenvalue weighted by Crippen LogP contribution is 2.43. The molecule has 3 aromatic carbocycles. The van der Waals surface area contributed by atoms with Crippen molar-refractivity contribution in [1.82, 2.24) is 0 Å². The average molecular weight is 438 g/mol. The standard InChI is InChI=1S/C29H31N3O/c1-2-3-10-24-25-17-20-8-4-5-11-22(20)23(25)14-15-28(24)32-16-7-9-21(32)19-33-29-13-6-12-27(31)26(29)18-30/h4-6,8,11-15,21H,2-3,7,9-10,16-17,19,31H2,1H3/t21-/m0/s1. The predicted molar refractivity (Wildman–Crippen MR) is 135 cm³/mol. The van der Waals surface area contributed by atoms with E-state index in [1.807, 2.05) is 12.1 Å². The second kappa shape index (κ2) is 9.19. The molecule has 5 rings (SSSR count).